The van der Waals surface area contributed by atoms with Crippen molar-refractivity contribution in [3.8, 4) is 5.69 Å². The number of anilines is 1. The Morgan fingerprint density at radius 3 is 2.68 bits per heavy atom. The van der Waals surface area contributed by atoms with E-state index in [-0.39, 0.29) is 5.82 Å². The maximum absolute atomic E-state index is 13.7. The molecule has 0 radical (unpaired) electrons. The number of aromatic nitrogens is 2. The molecule has 2 aromatic carbocycles. The Bertz CT molecular complexity index is 774. The van der Waals surface area contributed by atoms with E-state index in [0.717, 1.165) is 11.3 Å². The molecule has 0 atom stereocenters. The van der Waals surface area contributed by atoms with Crippen LogP contribution in [-0.2, 0) is 0 Å². The second kappa shape index (κ2) is 4.09. The summed E-state index contributed by atoms with van der Waals surface area (Å²) in [6, 6.07) is 10.9. The van der Waals surface area contributed by atoms with Gasteiger partial charge in [-0.3, -0.25) is 4.57 Å². The largest absolute Gasteiger partial charge is 0.369 e. The molecular formula is C15H14FN3. The first kappa shape index (κ1) is 11.7. The van der Waals surface area contributed by atoms with Gasteiger partial charge in [0.25, 0.3) is 0 Å². The number of hydrogen-bond donors (Lipinski definition) is 1. The third kappa shape index (κ3) is 1.76. The SMILES string of the molecule is Cc1ccc(-n2c(N)nc3c(F)cccc32)c(C)c1. The molecule has 0 fully saturated rings. The second-order valence-corrected chi connectivity index (χ2v) is 4.70. The third-order valence-corrected chi connectivity index (χ3v) is 3.26. The standard InChI is InChI=1S/C15H14FN3/c1-9-6-7-12(10(2)8-9)19-13-5-3-4-11(16)14(13)18-15(19)17/h3-8H,1-2H3,(H2,17,18). The number of fused-ring (bicyclic) bond motifs is 1. The molecular weight excluding hydrogens is 241 g/mol. The maximum Gasteiger partial charge on any atom is 0.206 e. The predicted octanol–water partition coefficient (Wildman–Crippen LogP) is 3.36. The minimum absolute atomic E-state index is 0.298. The van der Waals surface area contributed by atoms with Crippen molar-refractivity contribution in [2.75, 3.05) is 5.73 Å². The van der Waals surface area contributed by atoms with Gasteiger partial charge in [0.05, 0.1) is 11.2 Å². The quantitative estimate of drug-likeness (QED) is 0.724. The Balaban J connectivity index is 2.36. The molecule has 0 aliphatic heterocycles. The van der Waals surface area contributed by atoms with Crippen molar-refractivity contribution in [3.05, 3.63) is 53.3 Å². The van der Waals surface area contributed by atoms with Gasteiger partial charge < -0.3 is 5.73 Å². The van der Waals surface area contributed by atoms with E-state index in [9.17, 15) is 4.39 Å². The van der Waals surface area contributed by atoms with E-state index in [0.29, 0.717) is 17.0 Å². The Hall–Kier alpha value is -2.36. The highest BCUT2D eigenvalue weighted by Crippen LogP contribution is 2.26. The Morgan fingerprint density at radius 1 is 1.16 bits per heavy atom. The Kier molecular flexibility index (Phi) is 2.52. The van der Waals surface area contributed by atoms with Gasteiger partial charge in [-0.2, -0.15) is 0 Å². The number of nitrogen functional groups attached to an aromatic ring is 1. The van der Waals surface area contributed by atoms with Crippen LogP contribution in [0.15, 0.2) is 36.4 Å². The van der Waals surface area contributed by atoms with Gasteiger partial charge in [0, 0.05) is 0 Å². The molecule has 1 heterocycles. The zero-order chi connectivity index (χ0) is 13.6. The molecule has 3 rings (SSSR count). The van der Waals surface area contributed by atoms with E-state index in [2.05, 4.69) is 11.1 Å². The monoisotopic (exact) mass is 255 g/mol. The van der Waals surface area contributed by atoms with Crippen LogP contribution in [0.4, 0.5) is 10.3 Å². The van der Waals surface area contributed by atoms with Crippen molar-refractivity contribution in [1.82, 2.24) is 9.55 Å². The van der Waals surface area contributed by atoms with Gasteiger partial charge in [-0.05, 0) is 37.6 Å². The van der Waals surface area contributed by atoms with Crippen LogP contribution in [0, 0.1) is 19.7 Å². The van der Waals surface area contributed by atoms with Gasteiger partial charge in [-0.25, -0.2) is 9.37 Å². The van der Waals surface area contributed by atoms with E-state index in [4.69, 9.17) is 5.73 Å². The topological polar surface area (TPSA) is 43.8 Å². The van der Waals surface area contributed by atoms with Crippen LogP contribution in [0.3, 0.4) is 0 Å². The van der Waals surface area contributed by atoms with Crippen LogP contribution < -0.4 is 5.73 Å². The predicted molar refractivity (Wildman–Crippen MR) is 74.9 cm³/mol. The first-order valence-corrected chi connectivity index (χ1v) is 6.08. The molecule has 0 bridgehead atoms. The molecule has 0 aliphatic carbocycles. The lowest BCUT2D eigenvalue weighted by atomic mass is 10.1. The number of imidazole rings is 1. The number of benzene rings is 2. The fourth-order valence-electron chi connectivity index (χ4n) is 2.39. The molecule has 0 amide bonds. The van der Waals surface area contributed by atoms with Crippen LogP contribution in [0.2, 0.25) is 0 Å². The van der Waals surface area contributed by atoms with E-state index < -0.39 is 0 Å². The normalized spacial score (nSPS) is 11.1. The van der Waals surface area contributed by atoms with Crippen LogP contribution >= 0.6 is 0 Å². The van der Waals surface area contributed by atoms with Gasteiger partial charge >= 0.3 is 0 Å². The molecule has 0 unspecified atom stereocenters. The van der Waals surface area contributed by atoms with Crippen molar-refractivity contribution in [2.24, 2.45) is 0 Å². The first-order valence-electron chi connectivity index (χ1n) is 6.08. The summed E-state index contributed by atoms with van der Waals surface area (Å²) >= 11 is 0. The minimum atomic E-state index is -0.354. The fourth-order valence-corrected chi connectivity index (χ4v) is 2.39. The number of aryl methyl sites for hydroxylation is 2. The summed E-state index contributed by atoms with van der Waals surface area (Å²) in [5.74, 6) is -0.0558. The number of rotatable bonds is 1. The summed E-state index contributed by atoms with van der Waals surface area (Å²) in [5.41, 5.74) is 10.1. The lowest BCUT2D eigenvalue weighted by molar-refractivity contribution is 0.637. The minimum Gasteiger partial charge on any atom is -0.369 e. The molecule has 3 nitrogen and oxygen atoms in total. The fraction of sp³-hybridized carbons (Fsp3) is 0.133. The Labute approximate surface area is 110 Å². The van der Waals surface area contributed by atoms with Crippen molar-refractivity contribution < 1.29 is 4.39 Å². The van der Waals surface area contributed by atoms with Crippen LogP contribution in [0.5, 0.6) is 0 Å². The zero-order valence-corrected chi connectivity index (χ0v) is 10.8. The van der Waals surface area contributed by atoms with Crippen LogP contribution in [0.1, 0.15) is 11.1 Å². The number of hydrogen-bond acceptors (Lipinski definition) is 2. The molecule has 2 N–H and O–H groups in total. The summed E-state index contributed by atoms with van der Waals surface area (Å²) in [5, 5.41) is 0. The molecule has 0 spiro atoms. The van der Waals surface area contributed by atoms with E-state index >= 15 is 0 Å². The van der Waals surface area contributed by atoms with E-state index in [1.54, 1.807) is 10.6 Å². The second-order valence-electron chi connectivity index (χ2n) is 4.70. The Morgan fingerprint density at radius 2 is 1.95 bits per heavy atom. The van der Waals surface area contributed by atoms with Crippen LogP contribution in [0.25, 0.3) is 16.7 Å². The van der Waals surface area contributed by atoms with Gasteiger partial charge in [-0.1, -0.05) is 23.8 Å². The average molecular weight is 255 g/mol. The van der Waals surface area contributed by atoms with Crippen molar-refractivity contribution in [2.45, 2.75) is 13.8 Å². The lowest BCUT2D eigenvalue weighted by Crippen LogP contribution is -2.02. The number of halogens is 1. The van der Waals surface area contributed by atoms with Crippen molar-refractivity contribution in [1.29, 1.82) is 0 Å². The highest BCUT2D eigenvalue weighted by Gasteiger charge is 2.14. The molecule has 19 heavy (non-hydrogen) atoms. The van der Waals surface area contributed by atoms with Gasteiger partial charge in [0.1, 0.15) is 5.52 Å². The van der Waals surface area contributed by atoms with Crippen molar-refractivity contribution in [3.63, 3.8) is 0 Å². The smallest absolute Gasteiger partial charge is 0.206 e. The van der Waals surface area contributed by atoms with Crippen molar-refractivity contribution >= 4 is 17.0 Å². The molecule has 0 saturated heterocycles. The summed E-state index contributed by atoms with van der Waals surface area (Å²) in [7, 11) is 0. The number of nitrogens with zero attached hydrogens (tertiary/aromatic N) is 2. The summed E-state index contributed by atoms with van der Waals surface area (Å²) in [6.45, 7) is 4.04. The maximum atomic E-state index is 13.7. The van der Waals surface area contributed by atoms with Gasteiger partial charge in [0.15, 0.2) is 5.82 Å². The molecule has 3 aromatic rings. The molecule has 0 aliphatic rings. The summed E-state index contributed by atoms with van der Waals surface area (Å²) in [4.78, 5) is 4.12. The molecule has 96 valence electrons. The highest BCUT2D eigenvalue weighted by atomic mass is 19.1. The summed E-state index contributed by atoms with van der Waals surface area (Å²) in [6.07, 6.45) is 0. The zero-order valence-electron chi connectivity index (χ0n) is 10.8. The van der Waals surface area contributed by atoms with Crippen LogP contribution in [-0.4, -0.2) is 9.55 Å². The number of nitrogens with two attached hydrogens (primary N) is 1. The van der Waals surface area contributed by atoms with E-state index in [1.807, 2.05) is 32.0 Å². The van der Waals surface area contributed by atoms with Gasteiger partial charge in [-0.15, -0.1) is 0 Å². The highest BCUT2D eigenvalue weighted by molar-refractivity contribution is 5.81. The van der Waals surface area contributed by atoms with E-state index in [1.165, 1.54) is 11.6 Å². The lowest BCUT2D eigenvalue weighted by Gasteiger charge is -2.10. The number of para-hydroxylation sites is 1. The molecule has 4 heteroatoms. The average Bonchev–Trinajstić information content (AvgIpc) is 2.68. The van der Waals surface area contributed by atoms with Gasteiger partial charge in [0.2, 0.25) is 5.95 Å². The molecule has 1 aromatic heterocycles. The third-order valence-electron chi connectivity index (χ3n) is 3.26. The summed E-state index contributed by atoms with van der Waals surface area (Å²) < 4.78 is 15.5. The molecule has 0 saturated carbocycles. The first-order chi connectivity index (χ1) is 9.08.